The van der Waals surface area contributed by atoms with Crippen LogP contribution in [0.4, 0.5) is 0 Å². The van der Waals surface area contributed by atoms with Crippen molar-refractivity contribution in [1.29, 1.82) is 5.26 Å². The fraction of sp³-hybridized carbons (Fsp3) is 0.350. The maximum absolute atomic E-state index is 12.9. The number of hydrogen-bond donors (Lipinski definition) is 1. The Bertz CT molecular complexity index is 1090. The molecule has 0 atom stereocenters. The third-order valence-electron chi connectivity index (χ3n) is 5.12. The van der Waals surface area contributed by atoms with Gasteiger partial charge < -0.3 is 5.32 Å². The van der Waals surface area contributed by atoms with Crippen molar-refractivity contribution in [2.45, 2.75) is 39.2 Å². The van der Waals surface area contributed by atoms with E-state index in [1.807, 2.05) is 26.8 Å². The molecule has 0 aliphatic heterocycles. The van der Waals surface area contributed by atoms with Crippen LogP contribution >= 0.6 is 0 Å². The molecule has 3 heterocycles. The number of nitriles is 1. The zero-order chi connectivity index (χ0) is 19.2. The summed E-state index contributed by atoms with van der Waals surface area (Å²) in [6, 6.07) is 7.50. The summed E-state index contributed by atoms with van der Waals surface area (Å²) in [5, 5.41) is 16.8. The van der Waals surface area contributed by atoms with Gasteiger partial charge in [0.15, 0.2) is 5.65 Å². The Labute approximate surface area is 157 Å². The normalized spacial score (nSPS) is 14.1. The molecule has 3 aromatic rings. The zero-order valence-electron chi connectivity index (χ0n) is 15.5. The molecule has 0 saturated heterocycles. The van der Waals surface area contributed by atoms with E-state index in [1.165, 1.54) is 0 Å². The maximum Gasteiger partial charge on any atom is 0.257 e. The molecule has 1 saturated carbocycles. The molecule has 0 bridgehead atoms. The number of nitrogens with zero attached hydrogens (tertiary/aromatic N) is 5. The number of fused-ring (bicyclic) bond motifs is 1. The number of aromatic nitrogens is 4. The summed E-state index contributed by atoms with van der Waals surface area (Å²) in [5.74, 6) is 0.333. The Morgan fingerprint density at radius 1 is 1.41 bits per heavy atom. The van der Waals surface area contributed by atoms with E-state index in [0.717, 1.165) is 18.5 Å². The lowest BCUT2D eigenvalue weighted by atomic mass is 9.98. The summed E-state index contributed by atoms with van der Waals surface area (Å²) in [6.07, 6.45) is 5.40. The molecule has 3 aromatic heterocycles. The van der Waals surface area contributed by atoms with Gasteiger partial charge in [-0.1, -0.05) is 0 Å². The monoisotopic (exact) mass is 360 g/mol. The fourth-order valence-corrected chi connectivity index (χ4v) is 3.38. The van der Waals surface area contributed by atoms with Crippen LogP contribution in [0.5, 0.6) is 0 Å². The van der Waals surface area contributed by atoms with E-state index in [2.05, 4.69) is 26.5 Å². The highest BCUT2D eigenvalue weighted by Gasteiger charge is 2.39. The zero-order valence-corrected chi connectivity index (χ0v) is 15.5. The third kappa shape index (κ3) is 3.04. The number of aryl methyl sites for hydroxylation is 1. The average Bonchev–Trinajstić information content (AvgIpc) is 3.42. The van der Waals surface area contributed by atoms with Crippen LogP contribution in [0.15, 0.2) is 30.6 Å². The summed E-state index contributed by atoms with van der Waals surface area (Å²) in [5.41, 5.74) is 3.00. The summed E-state index contributed by atoms with van der Waals surface area (Å²) >= 11 is 0. The Kier molecular flexibility index (Phi) is 3.92. The minimum atomic E-state index is -0.255. The van der Waals surface area contributed by atoms with Crippen molar-refractivity contribution in [3.05, 3.63) is 47.5 Å². The second kappa shape index (κ2) is 6.16. The summed E-state index contributed by atoms with van der Waals surface area (Å²) < 4.78 is 1.64. The molecule has 27 heavy (non-hydrogen) atoms. The minimum Gasteiger partial charge on any atom is -0.347 e. The first-order valence-corrected chi connectivity index (χ1v) is 8.94. The van der Waals surface area contributed by atoms with E-state index >= 15 is 0 Å². The number of amides is 1. The van der Waals surface area contributed by atoms with Crippen LogP contribution in [0, 0.1) is 24.2 Å². The average molecular weight is 360 g/mol. The van der Waals surface area contributed by atoms with Crippen molar-refractivity contribution in [2.24, 2.45) is 5.92 Å². The molecular weight excluding hydrogens is 340 g/mol. The highest BCUT2D eigenvalue weighted by Crippen LogP contribution is 2.39. The molecule has 1 aliphatic carbocycles. The van der Waals surface area contributed by atoms with Crippen molar-refractivity contribution in [1.82, 2.24) is 24.9 Å². The first-order valence-electron chi connectivity index (χ1n) is 8.94. The number of nitrogens with one attached hydrogen (secondary N) is 1. The first kappa shape index (κ1) is 17.2. The predicted octanol–water partition coefficient (Wildman–Crippen LogP) is 2.89. The van der Waals surface area contributed by atoms with Gasteiger partial charge in [0.1, 0.15) is 17.3 Å². The van der Waals surface area contributed by atoms with Gasteiger partial charge in [-0.15, -0.1) is 0 Å². The summed E-state index contributed by atoms with van der Waals surface area (Å²) in [7, 11) is 0. The number of rotatable bonds is 4. The lowest BCUT2D eigenvalue weighted by Crippen LogP contribution is -2.45. The largest absolute Gasteiger partial charge is 0.347 e. The standard InChI is InChI=1S/C20H20N6O/c1-12-9-16(14-5-4-8-22-17(14)10-21)24-18-15(11-23-26(12)18)19(27)25-20(2,3)13-6-7-13/h4-5,8-9,11,13H,6-7H2,1-3H3,(H,25,27). The van der Waals surface area contributed by atoms with Crippen molar-refractivity contribution >= 4 is 11.6 Å². The number of hydrogen-bond acceptors (Lipinski definition) is 5. The first-order chi connectivity index (χ1) is 12.9. The molecule has 0 aromatic carbocycles. The Hall–Kier alpha value is -3.27. The van der Waals surface area contributed by atoms with Gasteiger partial charge in [0, 0.05) is 23.0 Å². The topological polar surface area (TPSA) is 96.0 Å². The van der Waals surface area contributed by atoms with Gasteiger partial charge in [0.2, 0.25) is 0 Å². The third-order valence-corrected chi connectivity index (χ3v) is 5.12. The Morgan fingerprint density at radius 3 is 2.89 bits per heavy atom. The van der Waals surface area contributed by atoms with Crippen LogP contribution in [0.1, 0.15) is 48.4 Å². The van der Waals surface area contributed by atoms with E-state index in [4.69, 9.17) is 0 Å². The van der Waals surface area contributed by atoms with Gasteiger partial charge in [0.05, 0.1) is 11.9 Å². The van der Waals surface area contributed by atoms with Gasteiger partial charge in [-0.05, 0) is 57.7 Å². The van der Waals surface area contributed by atoms with Crippen LogP contribution in [-0.4, -0.2) is 31.0 Å². The smallest absolute Gasteiger partial charge is 0.257 e. The Balaban J connectivity index is 1.79. The molecule has 4 rings (SSSR count). The maximum atomic E-state index is 12.9. The van der Waals surface area contributed by atoms with E-state index < -0.39 is 0 Å². The number of carbonyl (C=O) groups excluding carboxylic acids is 1. The van der Waals surface area contributed by atoms with Crippen LogP contribution in [0.2, 0.25) is 0 Å². The molecule has 0 unspecified atom stereocenters. The SMILES string of the molecule is Cc1cc(-c2cccnc2C#N)nc2c(C(=O)NC(C)(C)C3CC3)cnn12. The number of pyridine rings is 1. The van der Waals surface area contributed by atoms with Crippen molar-refractivity contribution in [2.75, 3.05) is 0 Å². The molecule has 1 N–H and O–H groups in total. The lowest BCUT2D eigenvalue weighted by Gasteiger charge is -2.25. The minimum absolute atomic E-state index is 0.183. The van der Waals surface area contributed by atoms with Crippen LogP contribution in [0.3, 0.4) is 0 Å². The quantitative estimate of drug-likeness (QED) is 0.772. The van der Waals surface area contributed by atoms with Gasteiger partial charge in [-0.25, -0.2) is 14.5 Å². The van der Waals surface area contributed by atoms with Gasteiger partial charge in [-0.2, -0.15) is 10.4 Å². The number of carbonyl (C=O) groups is 1. The van der Waals surface area contributed by atoms with Gasteiger partial charge >= 0.3 is 0 Å². The van der Waals surface area contributed by atoms with Crippen LogP contribution < -0.4 is 5.32 Å². The predicted molar refractivity (Wildman–Crippen MR) is 99.9 cm³/mol. The van der Waals surface area contributed by atoms with Crippen LogP contribution in [0.25, 0.3) is 16.9 Å². The molecule has 7 heteroatoms. The van der Waals surface area contributed by atoms with E-state index in [0.29, 0.717) is 34.1 Å². The van der Waals surface area contributed by atoms with E-state index in [-0.39, 0.29) is 11.4 Å². The lowest BCUT2D eigenvalue weighted by molar-refractivity contribution is 0.0905. The molecule has 0 spiro atoms. The second-order valence-electron chi connectivity index (χ2n) is 7.54. The van der Waals surface area contributed by atoms with Crippen LogP contribution in [-0.2, 0) is 0 Å². The van der Waals surface area contributed by atoms with Gasteiger partial charge in [0.25, 0.3) is 5.91 Å². The molecule has 136 valence electrons. The molecule has 1 fully saturated rings. The van der Waals surface area contributed by atoms with Crippen molar-refractivity contribution in [3.63, 3.8) is 0 Å². The Morgan fingerprint density at radius 2 is 2.19 bits per heavy atom. The second-order valence-corrected chi connectivity index (χ2v) is 7.54. The molecular formula is C20H20N6O. The fourth-order valence-electron chi connectivity index (χ4n) is 3.38. The molecule has 1 amide bonds. The van der Waals surface area contributed by atoms with Crippen molar-refractivity contribution < 1.29 is 4.79 Å². The molecule has 7 nitrogen and oxygen atoms in total. The highest BCUT2D eigenvalue weighted by molar-refractivity contribution is 6.00. The molecule has 0 radical (unpaired) electrons. The van der Waals surface area contributed by atoms with E-state index in [9.17, 15) is 10.1 Å². The summed E-state index contributed by atoms with van der Waals surface area (Å²) in [4.78, 5) is 21.6. The van der Waals surface area contributed by atoms with Crippen molar-refractivity contribution in [3.8, 4) is 17.3 Å². The van der Waals surface area contributed by atoms with Gasteiger partial charge in [-0.3, -0.25) is 4.79 Å². The highest BCUT2D eigenvalue weighted by atomic mass is 16.1. The van der Waals surface area contributed by atoms with E-state index in [1.54, 1.807) is 29.0 Å². The summed E-state index contributed by atoms with van der Waals surface area (Å²) in [6.45, 7) is 5.99. The molecule has 1 aliphatic rings.